The third kappa shape index (κ3) is 9.74. The Morgan fingerprint density at radius 3 is 2.96 bits per heavy atom. The number of isocyanates is 1. The minimum Gasteiger partial charge on any atom is -0.443 e. The van der Waals surface area contributed by atoms with Crippen molar-refractivity contribution < 1.29 is 18.9 Å². The van der Waals surface area contributed by atoms with E-state index in [-0.39, 0.29) is 6.09 Å². The lowest BCUT2D eigenvalue weighted by atomic mass is 10.2. The number of hydrogen-bond donors (Lipinski definition) is 1. The average molecular weight is 334 g/mol. The number of aliphatic imine (C=N–C) groups is 1. The molecule has 1 N–H and O–H groups in total. The quantitative estimate of drug-likeness (QED) is 0.276. The number of ether oxygens (including phenoxy) is 1. The molecule has 132 valence electrons. The van der Waals surface area contributed by atoms with Crippen LogP contribution in [0.25, 0.3) is 0 Å². The van der Waals surface area contributed by atoms with Crippen LogP contribution in [0.1, 0.15) is 44.6 Å². The molecule has 6 nitrogen and oxygen atoms in total. The summed E-state index contributed by atoms with van der Waals surface area (Å²) < 4.78 is 7.22. The van der Waals surface area contributed by atoms with Crippen LogP contribution in [0.15, 0.2) is 29.5 Å². The molecule has 6 heteroatoms. The number of nitrogens with one attached hydrogen (secondary N) is 1. The first-order valence-electron chi connectivity index (χ1n) is 8.68. The lowest BCUT2D eigenvalue weighted by Gasteiger charge is -2.06. The molecule has 0 aliphatic rings. The summed E-state index contributed by atoms with van der Waals surface area (Å²) in [6, 6.07) is 4.13. The zero-order chi connectivity index (χ0) is 17.5. The first-order valence-corrected chi connectivity index (χ1v) is 8.68. The van der Waals surface area contributed by atoms with Gasteiger partial charge >= 0.3 is 6.09 Å². The molecule has 1 aromatic rings. The fourth-order valence-electron chi connectivity index (χ4n) is 2.35. The Morgan fingerprint density at radius 1 is 1.33 bits per heavy atom. The molecular weight excluding hydrogens is 306 g/mol. The summed E-state index contributed by atoms with van der Waals surface area (Å²) in [4.78, 5) is 25.0. The fourth-order valence-corrected chi connectivity index (χ4v) is 2.35. The van der Waals surface area contributed by atoms with E-state index in [0.717, 1.165) is 38.5 Å². The van der Waals surface area contributed by atoms with Gasteiger partial charge in [0, 0.05) is 18.2 Å². The maximum absolute atomic E-state index is 11.6. The molecule has 0 aliphatic carbocycles. The molecule has 0 radical (unpaired) electrons. The van der Waals surface area contributed by atoms with Gasteiger partial charge in [0.1, 0.15) is 0 Å². The molecule has 1 aromatic heterocycles. The predicted molar refractivity (Wildman–Crippen MR) is 91.4 cm³/mol. The van der Waals surface area contributed by atoms with Crippen LogP contribution in [0.3, 0.4) is 0 Å². The van der Waals surface area contributed by atoms with Crippen molar-refractivity contribution in [1.29, 1.82) is 0 Å². The van der Waals surface area contributed by atoms with Gasteiger partial charge in [-0.15, -0.1) is 0 Å². The highest BCUT2D eigenvalue weighted by molar-refractivity contribution is 5.66. The predicted octanol–water partition coefficient (Wildman–Crippen LogP) is 2.55. The Kier molecular flexibility index (Phi) is 11.0. The van der Waals surface area contributed by atoms with Gasteiger partial charge in [-0.05, 0) is 25.3 Å². The van der Waals surface area contributed by atoms with Crippen molar-refractivity contribution in [1.82, 2.24) is 5.32 Å². The van der Waals surface area contributed by atoms with Crippen LogP contribution < -0.4 is 9.88 Å². The lowest BCUT2D eigenvalue weighted by molar-refractivity contribution is -0.698. The van der Waals surface area contributed by atoms with Gasteiger partial charge in [-0.2, -0.15) is 0 Å². The average Bonchev–Trinajstić information content (AvgIpc) is 2.58. The van der Waals surface area contributed by atoms with E-state index in [1.165, 1.54) is 11.6 Å². The minimum absolute atomic E-state index is 0.357. The van der Waals surface area contributed by atoms with Crippen molar-refractivity contribution in [2.24, 2.45) is 4.99 Å². The van der Waals surface area contributed by atoms with E-state index in [2.05, 4.69) is 29.5 Å². The van der Waals surface area contributed by atoms with E-state index in [9.17, 15) is 9.59 Å². The van der Waals surface area contributed by atoms with Crippen molar-refractivity contribution >= 4 is 12.2 Å². The molecule has 0 aliphatic heterocycles. The maximum atomic E-state index is 11.6. The van der Waals surface area contributed by atoms with Gasteiger partial charge in [0.2, 0.25) is 6.08 Å². The largest absolute Gasteiger partial charge is 0.443 e. The molecule has 0 unspecified atom stereocenters. The number of aryl methyl sites for hydroxylation is 1. The topological polar surface area (TPSA) is 71.6 Å². The van der Waals surface area contributed by atoms with Crippen LogP contribution in [-0.2, 0) is 22.5 Å². The normalized spacial score (nSPS) is 10.0. The monoisotopic (exact) mass is 334 g/mol. The number of carbonyl (C=O) groups excluding carboxylic acids is 2. The number of rotatable bonds is 12. The van der Waals surface area contributed by atoms with E-state index in [1.807, 2.05) is 16.8 Å². The van der Waals surface area contributed by atoms with Gasteiger partial charge in [-0.3, -0.25) is 0 Å². The summed E-state index contributed by atoms with van der Waals surface area (Å²) in [5.41, 5.74) is 1.29. The third-order valence-electron chi connectivity index (χ3n) is 3.57. The highest BCUT2D eigenvalue weighted by Crippen LogP contribution is 1.99. The summed E-state index contributed by atoms with van der Waals surface area (Å²) in [5, 5.41) is 2.75. The molecule has 0 saturated heterocycles. The summed E-state index contributed by atoms with van der Waals surface area (Å²) in [6.45, 7) is 4.31. The van der Waals surface area contributed by atoms with Gasteiger partial charge in [0.25, 0.3) is 0 Å². The first kappa shape index (κ1) is 19.8. The zero-order valence-electron chi connectivity index (χ0n) is 14.5. The van der Waals surface area contributed by atoms with Crippen molar-refractivity contribution in [3.05, 3.63) is 30.1 Å². The number of nitrogens with zero attached hydrogens (tertiary/aromatic N) is 2. The van der Waals surface area contributed by atoms with Crippen LogP contribution in [0, 0.1) is 0 Å². The van der Waals surface area contributed by atoms with E-state index in [4.69, 9.17) is 4.74 Å². The number of alkyl carbamates (subject to hydrolysis) is 1. The minimum atomic E-state index is -0.370. The van der Waals surface area contributed by atoms with Crippen molar-refractivity contribution in [2.75, 3.05) is 19.7 Å². The number of carbonyl (C=O) groups is 1. The molecule has 0 atom stereocenters. The number of aromatic nitrogens is 1. The molecule has 1 amide bonds. The second kappa shape index (κ2) is 13.3. The van der Waals surface area contributed by atoms with E-state index in [1.54, 1.807) is 0 Å². The number of hydrogen-bond acceptors (Lipinski definition) is 4. The molecule has 0 fully saturated rings. The van der Waals surface area contributed by atoms with Crippen LogP contribution in [0.5, 0.6) is 0 Å². The van der Waals surface area contributed by atoms with Crippen LogP contribution >= 0.6 is 0 Å². The molecule has 0 aromatic carbocycles. The Morgan fingerprint density at radius 2 is 2.17 bits per heavy atom. The van der Waals surface area contributed by atoms with Gasteiger partial charge in [-0.25, -0.2) is 19.1 Å². The number of amides is 1. The van der Waals surface area contributed by atoms with E-state index in [0.29, 0.717) is 26.2 Å². The SMILES string of the molecule is CCCc1ccc[n+](CCOC(=O)NCCCCCCN=C=O)c1. The zero-order valence-corrected chi connectivity index (χ0v) is 14.5. The van der Waals surface area contributed by atoms with Crippen molar-refractivity contribution in [2.45, 2.75) is 52.0 Å². The Hall–Kier alpha value is -2.20. The maximum Gasteiger partial charge on any atom is 0.407 e. The van der Waals surface area contributed by atoms with Crippen LogP contribution in [0.4, 0.5) is 4.79 Å². The summed E-state index contributed by atoms with van der Waals surface area (Å²) in [5.74, 6) is 0. The molecule has 0 spiro atoms. The highest BCUT2D eigenvalue weighted by Gasteiger charge is 2.05. The smallest absolute Gasteiger partial charge is 0.407 e. The summed E-state index contributed by atoms with van der Waals surface area (Å²) in [6.07, 6.45) is 11.2. The number of pyridine rings is 1. The molecule has 0 saturated carbocycles. The van der Waals surface area contributed by atoms with Crippen molar-refractivity contribution in [3.8, 4) is 0 Å². The van der Waals surface area contributed by atoms with Crippen molar-refractivity contribution in [3.63, 3.8) is 0 Å². The van der Waals surface area contributed by atoms with Gasteiger partial charge < -0.3 is 10.1 Å². The molecule has 1 rings (SSSR count). The number of unbranched alkanes of at least 4 members (excludes halogenated alkanes) is 3. The van der Waals surface area contributed by atoms with Gasteiger partial charge in [0.05, 0.1) is 6.54 Å². The highest BCUT2D eigenvalue weighted by atomic mass is 16.5. The second-order valence-corrected chi connectivity index (χ2v) is 5.65. The van der Waals surface area contributed by atoms with Crippen LogP contribution in [0.2, 0.25) is 0 Å². The van der Waals surface area contributed by atoms with E-state index >= 15 is 0 Å². The third-order valence-corrected chi connectivity index (χ3v) is 3.57. The second-order valence-electron chi connectivity index (χ2n) is 5.65. The molecule has 0 bridgehead atoms. The van der Waals surface area contributed by atoms with Gasteiger partial charge in [-0.1, -0.05) is 26.2 Å². The molecular formula is C18H28N3O3+. The van der Waals surface area contributed by atoms with Crippen LogP contribution in [-0.4, -0.2) is 31.9 Å². The Labute approximate surface area is 143 Å². The van der Waals surface area contributed by atoms with Gasteiger partial charge in [0.15, 0.2) is 25.5 Å². The lowest BCUT2D eigenvalue weighted by Crippen LogP contribution is -2.37. The summed E-state index contributed by atoms with van der Waals surface area (Å²) >= 11 is 0. The summed E-state index contributed by atoms with van der Waals surface area (Å²) in [7, 11) is 0. The fraction of sp³-hybridized carbons (Fsp3) is 0.611. The Bertz CT molecular complexity index is 528. The Balaban J connectivity index is 2.05. The standard InChI is InChI=1S/C18H27N3O3/c1-2-8-17-9-7-12-21(15-17)13-14-24-18(23)20-11-6-4-3-5-10-19-16-22/h7,9,12,15H,2-6,8,10-11,13-14H2,1H3/p+1. The molecule has 24 heavy (non-hydrogen) atoms. The van der Waals surface area contributed by atoms with E-state index < -0.39 is 0 Å². The first-order chi connectivity index (χ1) is 11.8. The molecule has 1 heterocycles.